The summed E-state index contributed by atoms with van der Waals surface area (Å²) < 4.78 is 6.26. The Morgan fingerprint density at radius 2 is 2.38 bits per heavy atom. The third-order valence-electron chi connectivity index (χ3n) is 1.62. The highest BCUT2D eigenvalue weighted by Gasteiger charge is 2.09. The Hall–Kier alpha value is -0.610. The average Bonchev–Trinajstić information content (AvgIpc) is 2.08. The number of pyridine rings is 1. The molecule has 1 heterocycles. The number of hydrogen-bond donors (Lipinski definition) is 1. The van der Waals surface area contributed by atoms with Crippen molar-refractivity contribution in [1.29, 1.82) is 0 Å². The summed E-state index contributed by atoms with van der Waals surface area (Å²) in [6, 6.07) is 1.87. The van der Waals surface area contributed by atoms with Crippen LogP contribution in [-0.2, 0) is 0 Å². The summed E-state index contributed by atoms with van der Waals surface area (Å²) in [4.78, 5) is 4.14. The Bertz CT molecular complexity index is 289. The van der Waals surface area contributed by atoms with E-state index in [-0.39, 0.29) is 6.04 Å². The van der Waals surface area contributed by atoms with Gasteiger partial charge in [0.05, 0.1) is 6.61 Å². The molecule has 1 atom stereocenters. The van der Waals surface area contributed by atoms with Gasteiger partial charge in [-0.1, -0.05) is 0 Å². The quantitative estimate of drug-likeness (QED) is 0.888. The Kier molecular flexibility index (Phi) is 3.69. The van der Waals surface area contributed by atoms with Crippen LogP contribution in [0.2, 0.25) is 0 Å². The molecule has 13 heavy (non-hydrogen) atoms. The monoisotopic (exact) mass is 244 g/mol. The lowest BCUT2D eigenvalue weighted by molar-refractivity contribution is 0.321. The molecule has 0 fully saturated rings. The molecule has 1 aromatic heterocycles. The fraction of sp³-hybridized carbons (Fsp3) is 0.444. The van der Waals surface area contributed by atoms with E-state index in [1.165, 1.54) is 0 Å². The van der Waals surface area contributed by atoms with E-state index in [4.69, 9.17) is 10.5 Å². The second-order valence-electron chi connectivity index (χ2n) is 2.77. The molecule has 0 saturated carbocycles. The Morgan fingerprint density at radius 3 is 2.92 bits per heavy atom. The maximum Gasteiger partial charge on any atom is 0.218 e. The number of aromatic nitrogens is 1. The van der Waals surface area contributed by atoms with Crippen LogP contribution in [0.3, 0.4) is 0 Å². The van der Waals surface area contributed by atoms with Crippen molar-refractivity contribution in [3.63, 3.8) is 0 Å². The highest BCUT2D eigenvalue weighted by atomic mass is 79.9. The van der Waals surface area contributed by atoms with Crippen LogP contribution in [-0.4, -0.2) is 11.6 Å². The predicted molar refractivity (Wildman–Crippen MR) is 55.7 cm³/mol. The van der Waals surface area contributed by atoms with Gasteiger partial charge in [0.25, 0.3) is 0 Å². The molecule has 72 valence electrons. The van der Waals surface area contributed by atoms with Gasteiger partial charge < -0.3 is 10.5 Å². The minimum absolute atomic E-state index is 0.0634. The molecular formula is C9H13BrN2O. The van der Waals surface area contributed by atoms with Crippen molar-refractivity contribution < 1.29 is 4.74 Å². The van der Waals surface area contributed by atoms with Crippen LogP contribution in [0.5, 0.6) is 5.88 Å². The maximum absolute atomic E-state index is 5.77. The van der Waals surface area contributed by atoms with Gasteiger partial charge in [-0.05, 0) is 35.8 Å². The summed E-state index contributed by atoms with van der Waals surface area (Å²) in [7, 11) is 0. The lowest BCUT2D eigenvalue weighted by atomic mass is 10.1. The van der Waals surface area contributed by atoms with Crippen molar-refractivity contribution in [3.8, 4) is 5.88 Å². The minimum atomic E-state index is -0.0634. The highest BCUT2D eigenvalue weighted by molar-refractivity contribution is 9.10. The topological polar surface area (TPSA) is 48.1 Å². The van der Waals surface area contributed by atoms with E-state index >= 15 is 0 Å². The fourth-order valence-electron chi connectivity index (χ4n) is 1.03. The smallest absolute Gasteiger partial charge is 0.218 e. The number of nitrogens with zero attached hydrogens (tertiary/aromatic N) is 1. The predicted octanol–water partition coefficient (Wildman–Crippen LogP) is 2.26. The molecule has 0 aliphatic rings. The SMILES string of the molecule is CCOc1ncc(Br)cc1C(C)N. The van der Waals surface area contributed by atoms with Crippen molar-refractivity contribution in [2.75, 3.05) is 6.61 Å². The molecule has 0 amide bonds. The first-order chi connectivity index (χ1) is 6.15. The summed E-state index contributed by atoms with van der Waals surface area (Å²) in [6.07, 6.45) is 1.71. The van der Waals surface area contributed by atoms with Gasteiger partial charge in [0.1, 0.15) is 0 Å². The van der Waals surface area contributed by atoms with Crippen molar-refractivity contribution >= 4 is 15.9 Å². The van der Waals surface area contributed by atoms with Gasteiger partial charge in [-0.3, -0.25) is 0 Å². The molecule has 2 N–H and O–H groups in total. The number of nitrogens with two attached hydrogens (primary N) is 1. The molecular weight excluding hydrogens is 232 g/mol. The maximum atomic E-state index is 5.77. The summed E-state index contributed by atoms with van der Waals surface area (Å²) >= 11 is 3.34. The molecule has 0 saturated heterocycles. The van der Waals surface area contributed by atoms with Gasteiger partial charge in [0.2, 0.25) is 5.88 Å². The van der Waals surface area contributed by atoms with Crippen molar-refractivity contribution in [2.45, 2.75) is 19.9 Å². The second-order valence-corrected chi connectivity index (χ2v) is 3.69. The van der Waals surface area contributed by atoms with Crippen LogP contribution in [0.4, 0.5) is 0 Å². The van der Waals surface area contributed by atoms with Crippen molar-refractivity contribution in [3.05, 3.63) is 22.3 Å². The molecule has 0 aromatic carbocycles. The number of rotatable bonds is 3. The lowest BCUT2D eigenvalue weighted by Gasteiger charge is -2.11. The van der Waals surface area contributed by atoms with Crippen LogP contribution in [0.15, 0.2) is 16.7 Å². The van der Waals surface area contributed by atoms with Crippen LogP contribution < -0.4 is 10.5 Å². The summed E-state index contributed by atoms with van der Waals surface area (Å²) in [5, 5.41) is 0. The van der Waals surface area contributed by atoms with Gasteiger partial charge in [0.15, 0.2) is 0 Å². The molecule has 0 spiro atoms. The highest BCUT2D eigenvalue weighted by Crippen LogP contribution is 2.24. The minimum Gasteiger partial charge on any atom is -0.478 e. The first-order valence-corrected chi connectivity index (χ1v) is 4.98. The third-order valence-corrected chi connectivity index (χ3v) is 2.05. The molecule has 4 heteroatoms. The van der Waals surface area contributed by atoms with Crippen molar-refractivity contribution in [2.24, 2.45) is 5.73 Å². The summed E-state index contributed by atoms with van der Waals surface area (Å²) in [6.45, 7) is 4.44. The van der Waals surface area contributed by atoms with E-state index in [1.54, 1.807) is 6.20 Å². The van der Waals surface area contributed by atoms with Gasteiger partial charge in [0, 0.05) is 22.3 Å². The molecule has 0 bridgehead atoms. The van der Waals surface area contributed by atoms with Gasteiger partial charge in [-0.2, -0.15) is 0 Å². The van der Waals surface area contributed by atoms with E-state index in [2.05, 4.69) is 20.9 Å². The zero-order valence-corrected chi connectivity index (χ0v) is 9.34. The largest absolute Gasteiger partial charge is 0.478 e. The average molecular weight is 245 g/mol. The molecule has 0 aliphatic carbocycles. The van der Waals surface area contributed by atoms with Crippen LogP contribution >= 0.6 is 15.9 Å². The number of halogens is 1. The molecule has 1 rings (SSSR count). The zero-order valence-electron chi connectivity index (χ0n) is 7.75. The molecule has 0 aliphatic heterocycles. The Balaban J connectivity index is 3.03. The fourth-order valence-corrected chi connectivity index (χ4v) is 1.37. The van der Waals surface area contributed by atoms with E-state index in [0.29, 0.717) is 12.5 Å². The van der Waals surface area contributed by atoms with E-state index in [9.17, 15) is 0 Å². The molecule has 3 nitrogen and oxygen atoms in total. The Morgan fingerprint density at radius 1 is 1.69 bits per heavy atom. The third kappa shape index (κ3) is 2.67. The van der Waals surface area contributed by atoms with E-state index in [1.807, 2.05) is 19.9 Å². The van der Waals surface area contributed by atoms with Crippen LogP contribution in [0, 0.1) is 0 Å². The van der Waals surface area contributed by atoms with Crippen LogP contribution in [0.25, 0.3) is 0 Å². The molecule has 0 radical (unpaired) electrons. The van der Waals surface area contributed by atoms with Gasteiger partial charge in [-0.15, -0.1) is 0 Å². The van der Waals surface area contributed by atoms with E-state index in [0.717, 1.165) is 10.0 Å². The normalized spacial score (nSPS) is 12.6. The summed E-state index contributed by atoms with van der Waals surface area (Å²) in [5.41, 5.74) is 6.70. The summed E-state index contributed by atoms with van der Waals surface area (Å²) in [5.74, 6) is 0.626. The lowest BCUT2D eigenvalue weighted by Crippen LogP contribution is -2.09. The first-order valence-electron chi connectivity index (χ1n) is 4.19. The number of ether oxygens (including phenoxy) is 1. The van der Waals surface area contributed by atoms with Crippen LogP contribution in [0.1, 0.15) is 25.5 Å². The van der Waals surface area contributed by atoms with E-state index < -0.39 is 0 Å². The number of hydrogen-bond acceptors (Lipinski definition) is 3. The second kappa shape index (κ2) is 4.58. The Labute approximate surface area is 86.4 Å². The first kappa shape index (κ1) is 10.5. The van der Waals surface area contributed by atoms with Gasteiger partial charge in [-0.25, -0.2) is 4.98 Å². The van der Waals surface area contributed by atoms with Crippen molar-refractivity contribution in [1.82, 2.24) is 4.98 Å². The molecule has 1 unspecified atom stereocenters. The standard InChI is InChI=1S/C9H13BrN2O/c1-3-13-9-8(6(2)11)4-7(10)5-12-9/h4-6H,3,11H2,1-2H3. The zero-order chi connectivity index (χ0) is 9.84. The molecule has 1 aromatic rings. The van der Waals surface area contributed by atoms with Gasteiger partial charge >= 0.3 is 0 Å².